The molecule has 2 fully saturated rings. The molecule has 0 unspecified atom stereocenters. The third kappa shape index (κ3) is 3.08. The van der Waals surface area contributed by atoms with E-state index in [4.69, 9.17) is 11.1 Å². The first-order valence-electron chi connectivity index (χ1n) is 9.38. The van der Waals surface area contributed by atoms with Crippen molar-refractivity contribution in [2.45, 2.75) is 57.1 Å². The molecule has 3 aliphatic heterocycles. The van der Waals surface area contributed by atoms with Gasteiger partial charge in [-0.25, -0.2) is 4.79 Å². The number of amides is 2. The highest BCUT2D eigenvalue weighted by Gasteiger charge is 2.60. The van der Waals surface area contributed by atoms with E-state index in [1.54, 1.807) is 11.8 Å². The Labute approximate surface area is 167 Å². The van der Waals surface area contributed by atoms with Gasteiger partial charge in [0, 0.05) is 29.0 Å². The number of hydrogen-bond donors (Lipinski definition) is 4. The molecule has 0 radical (unpaired) electrons. The average molecular weight is 410 g/mol. The molecule has 0 aromatic carbocycles. The van der Waals surface area contributed by atoms with Gasteiger partial charge in [0.15, 0.2) is 0 Å². The van der Waals surface area contributed by atoms with Crippen LogP contribution in [0.2, 0.25) is 0 Å². The van der Waals surface area contributed by atoms with Crippen LogP contribution >= 0.6 is 11.8 Å². The first kappa shape index (κ1) is 20.7. The minimum atomic E-state index is -1.17. The minimum Gasteiger partial charge on any atom is -0.477 e. The molecule has 0 aromatic heterocycles. The van der Waals surface area contributed by atoms with E-state index < -0.39 is 29.9 Å². The van der Waals surface area contributed by atoms with Crippen LogP contribution < -0.4 is 5.73 Å². The normalized spacial score (nSPS) is 33.0. The molecule has 2 saturated heterocycles. The number of hydrogen-bond acceptors (Lipinski definition) is 6. The van der Waals surface area contributed by atoms with Crippen molar-refractivity contribution in [3.05, 3.63) is 10.6 Å². The maximum Gasteiger partial charge on any atom is 0.353 e. The third-order valence-corrected chi connectivity index (χ3v) is 7.37. The van der Waals surface area contributed by atoms with E-state index in [2.05, 4.69) is 0 Å². The van der Waals surface area contributed by atoms with Crippen LogP contribution in [0.4, 0.5) is 0 Å². The summed E-state index contributed by atoms with van der Waals surface area (Å²) in [5.74, 6) is -2.53. The highest BCUT2D eigenvalue weighted by molar-refractivity contribution is 8.03. The number of carboxylic acid groups (broad SMARTS) is 1. The number of fused-ring (bicyclic) bond motifs is 1. The van der Waals surface area contributed by atoms with E-state index in [0.717, 1.165) is 0 Å². The minimum absolute atomic E-state index is 0.0240. The van der Waals surface area contributed by atoms with Crippen LogP contribution in [-0.2, 0) is 14.4 Å². The molecule has 0 aliphatic carbocycles. The Morgan fingerprint density at radius 2 is 2.07 bits per heavy atom. The van der Waals surface area contributed by atoms with E-state index in [1.165, 1.54) is 16.7 Å². The zero-order chi connectivity index (χ0) is 20.9. The summed E-state index contributed by atoms with van der Waals surface area (Å²) < 4.78 is 0. The topological polar surface area (TPSA) is 148 Å². The van der Waals surface area contributed by atoms with Crippen molar-refractivity contribution < 1.29 is 24.6 Å². The summed E-state index contributed by atoms with van der Waals surface area (Å²) in [4.78, 5) is 39.7. The molecule has 2 amide bonds. The second-order valence-electron chi connectivity index (χ2n) is 7.62. The van der Waals surface area contributed by atoms with Gasteiger partial charge in [0.2, 0.25) is 11.8 Å². The first-order chi connectivity index (χ1) is 13.1. The van der Waals surface area contributed by atoms with Gasteiger partial charge in [-0.2, -0.15) is 0 Å². The maximum atomic E-state index is 12.4. The zero-order valence-corrected chi connectivity index (χ0v) is 16.9. The van der Waals surface area contributed by atoms with Crippen molar-refractivity contribution in [3.8, 4) is 0 Å². The second kappa shape index (κ2) is 7.40. The molecular weight excluding hydrogens is 384 g/mol. The molecule has 10 heteroatoms. The number of nitrogens with one attached hydrogen (secondary N) is 1. The molecule has 0 spiro atoms. The summed E-state index contributed by atoms with van der Waals surface area (Å²) in [6.07, 6.45) is 0.0483. The average Bonchev–Trinajstić information content (AvgIpc) is 3.13. The summed E-state index contributed by atoms with van der Waals surface area (Å²) in [5, 5.41) is 27.6. The fourth-order valence-electron chi connectivity index (χ4n) is 4.51. The Morgan fingerprint density at radius 1 is 1.43 bits per heavy atom. The predicted octanol–water partition coefficient (Wildman–Crippen LogP) is 0.189. The van der Waals surface area contributed by atoms with Crippen molar-refractivity contribution in [2.24, 2.45) is 17.6 Å². The van der Waals surface area contributed by atoms with Crippen molar-refractivity contribution in [1.29, 1.82) is 5.41 Å². The Morgan fingerprint density at radius 3 is 2.57 bits per heavy atom. The fraction of sp³-hybridized carbons (Fsp3) is 0.667. The number of aliphatic hydroxyl groups excluding tert-OH is 1. The van der Waals surface area contributed by atoms with Gasteiger partial charge in [-0.05, 0) is 13.3 Å². The first-order valence-corrected chi connectivity index (χ1v) is 10.3. The molecule has 9 nitrogen and oxygen atoms in total. The van der Waals surface area contributed by atoms with Gasteiger partial charge in [-0.3, -0.25) is 15.0 Å². The SMILES string of the molecule is CCC(=N)N1C[C@@H](SC2=C(C(=O)O)N3C(=O)[C@H]([C@@H](C)O)[C@@H]3[C@H]2C)C[C@H]1C(N)=O. The molecule has 28 heavy (non-hydrogen) atoms. The van der Waals surface area contributed by atoms with Gasteiger partial charge in [-0.15, -0.1) is 11.8 Å². The number of nitrogens with zero attached hydrogens (tertiary/aromatic N) is 2. The van der Waals surface area contributed by atoms with Crippen LogP contribution in [0.3, 0.4) is 0 Å². The summed E-state index contributed by atoms with van der Waals surface area (Å²) in [6.45, 7) is 5.66. The molecular formula is C18H26N4O5S. The van der Waals surface area contributed by atoms with Crippen LogP contribution in [0.15, 0.2) is 10.6 Å². The van der Waals surface area contributed by atoms with Crippen LogP contribution in [0, 0.1) is 17.2 Å². The van der Waals surface area contributed by atoms with Crippen molar-refractivity contribution in [3.63, 3.8) is 0 Å². The molecule has 0 aromatic rings. The van der Waals surface area contributed by atoms with Gasteiger partial charge >= 0.3 is 5.97 Å². The number of amidine groups is 1. The Kier molecular flexibility index (Phi) is 5.46. The molecule has 3 aliphatic rings. The standard InChI is InChI=1S/C18H26N4O5S/c1-4-11(19)21-6-9(5-10(21)16(20)24)28-15-7(2)13-12(8(3)23)17(25)22(13)14(15)18(26)27/h7-10,12-13,19,23H,4-6H2,1-3H3,(H2,20,24)(H,26,27)/t7-,8-,9+,10+,12-,13+/m1/s1. The van der Waals surface area contributed by atoms with Gasteiger partial charge < -0.3 is 25.7 Å². The van der Waals surface area contributed by atoms with Gasteiger partial charge in [0.1, 0.15) is 11.7 Å². The van der Waals surface area contributed by atoms with E-state index in [1.807, 2.05) is 13.8 Å². The number of rotatable bonds is 6. The van der Waals surface area contributed by atoms with Crippen LogP contribution in [-0.4, -0.2) is 73.6 Å². The second-order valence-corrected chi connectivity index (χ2v) is 8.96. The summed E-state index contributed by atoms with van der Waals surface area (Å²) in [7, 11) is 0. The Balaban J connectivity index is 1.85. The summed E-state index contributed by atoms with van der Waals surface area (Å²) in [6, 6.07) is -0.945. The Bertz CT molecular complexity index is 767. The largest absolute Gasteiger partial charge is 0.477 e. The van der Waals surface area contributed by atoms with Crippen LogP contribution in [0.25, 0.3) is 0 Å². The number of aliphatic hydroxyl groups is 1. The number of β-lactam (4-membered cyclic amide) rings is 1. The lowest BCUT2D eigenvalue weighted by molar-refractivity contribution is -0.163. The molecule has 6 atom stereocenters. The molecule has 3 heterocycles. The monoisotopic (exact) mass is 410 g/mol. The quantitative estimate of drug-likeness (QED) is 0.277. The Hall–Kier alpha value is -2.07. The van der Waals surface area contributed by atoms with Crippen LogP contribution in [0.5, 0.6) is 0 Å². The van der Waals surface area contributed by atoms with E-state index in [0.29, 0.717) is 30.1 Å². The molecule has 0 saturated carbocycles. The van der Waals surface area contributed by atoms with Crippen molar-refractivity contribution in [1.82, 2.24) is 9.80 Å². The molecule has 0 bridgehead atoms. The zero-order valence-electron chi connectivity index (χ0n) is 16.1. The third-order valence-electron chi connectivity index (χ3n) is 5.88. The number of thioether (sulfide) groups is 1. The number of carboxylic acids is 1. The lowest BCUT2D eigenvalue weighted by Crippen LogP contribution is -2.63. The number of primary amides is 1. The number of carbonyl (C=O) groups is 3. The van der Waals surface area contributed by atoms with E-state index in [9.17, 15) is 24.6 Å². The number of nitrogens with two attached hydrogens (primary N) is 1. The molecule has 3 rings (SSSR count). The highest BCUT2D eigenvalue weighted by Crippen LogP contribution is 2.52. The van der Waals surface area contributed by atoms with E-state index in [-0.39, 0.29) is 28.8 Å². The number of carbonyl (C=O) groups excluding carboxylic acids is 2. The lowest BCUT2D eigenvalue weighted by atomic mass is 9.79. The summed E-state index contributed by atoms with van der Waals surface area (Å²) >= 11 is 1.35. The number of likely N-dealkylation sites (tertiary alicyclic amines) is 1. The fourth-order valence-corrected chi connectivity index (χ4v) is 6.04. The maximum absolute atomic E-state index is 12.4. The predicted molar refractivity (Wildman–Crippen MR) is 103 cm³/mol. The van der Waals surface area contributed by atoms with Crippen LogP contribution in [0.1, 0.15) is 33.6 Å². The molecule has 5 N–H and O–H groups in total. The molecule has 154 valence electrons. The van der Waals surface area contributed by atoms with Gasteiger partial charge in [0.25, 0.3) is 0 Å². The van der Waals surface area contributed by atoms with Gasteiger partial charge in [0.05, 0.1) is 23.9 Å². The highest BCUT2D eigenvalue weighted by atomic mass is 32.2. The van der Waals surface area contributed by atoms with Crippen molar-refractivity contribution in [2.75, 3.05) is 6.54 Å². The van der Waals surface area contributed by atoms with E-state index >= 15 is 0 Å². The number of aliphatic carboxylic acids is 1. The lowest BCUT2D eigenvalue weighted by Gasteiger charge is -2.46. The van der Waals surface area contributed by atoms with Gasteiger partial charge in [-0.1, -0.05) is 13.8 Å². The van der Waals surface area contributed by atoms with Crippen molar-refractivity contribution >= 4 is 35.4 Å². The smallest absolute Gasteiger partial charge is 0.353 e. The summed E-state index contributed by atoms with van der Waals surface area (Å²) in [5.41, 5.74) is 5.48.